The van der Waals surface area contributed by atoms with Crippen LogP contribution in [0.1, 0.15) is 32.6 Å². The Hall–Kier alpha value is -0.370. The molecule has 0 atom stereocenters. The zero-order valence-electron chi connectivity index (χ0n) is 7.14. The average molecular weight is 156 g/mol. The van der Waals surface area contributed by atoms with Crippen molar-refractivity contribution in [1.82, 2.24) is 0 Å². The van der Waals surface area contributed by atoms with Gasteiger partial charge in [0.2, 0.25) is 0 Å². The lowest BCUT2D eigenvalue weighted by molar-refractivity contribution is -0.119. The summed E-state index contributed by atoms with van der Waals surface area (Å²) in [4.78, 5) is 10.8. The monoisotopic (exact) mass is 156 g/mol. The number of carbonyl (C=O) groups is 1. The van der Waals surface area contributed by atoms with Crippen molar-refractivity contribution in [3.63, 3.8) is 0 Å². The van der Waals surface area contributed by atoms with E-state index in [1.807, 2.05) is 6.92 Å². The molecular weight excluding hydrogens is 140 g/mol. The van der Waals surface area contributed by atoms with Crippen molar-refractivity contribution < 1.29 is 9.53 Å². The number of carbonyl (C=O) groups excluding carboxylic acids is 1. The summed E-state index contributed by atoms with van der Waals surface area (Å²) in [7, 11) is 0. The van der Waals surface area contributed by atoms with Crippen LogP contribution in [0, 0.1) is 5.41 Å². The SMILES string of the molecule is CCOCC1(C=O)CCCC1. The summed E-state index contributed by atoms with van der Waals surface area (Å²) in [5, 5.41) is 0. The first-order valence-corrected chi connectivity index (χ1v) is 4.37. The van der Waals surface area contributed by atoms with Gasteiger partial charge in [0.25, 0.3) is 0 Å². The molecule has 0 spiro atoms. The van der Waals surface area contributed by atoms with Gasteiger partial charge in [-0.1, -0.05) is 12.8 Å². The standard InChI is InChI=1S/C9H16O2/c1-2-11-8-9(7-10)5-3-4-6-9/h7H,2-6,8H2,1H3. The minimum absolute atomic E-state index is 0.115. The van der Waals surface area contributed by atoms with Gasteiger partial charge in [0.15, 0.2) is 0 Å². The first kappa shape index (κ1) is 8.72. The molecule has 1 fully saturated rings. The third-order valence-corrected chi connectivity index (χ3v) is 2.44. The van der Waals surface area contributed by atoms with Gasteiger partial charge >= 0.3 is 0 Å². The summed E-state index contributed by atoms with van der Waals surface area (Å²) >= 11 is 0. The van der Waals surface area contributed by atoms with E-state index in [2.05, 4.69) is 0 Å². The van der Waals surface area contributed by atoms with Gasteiger partial charge in [0.05, 0.1) is 6.61 Å². The zero-order chi connectivity index (χ0) is 8.16. The Morgan fingerprint density at radius 2 is 2.09 bits per heavy atom. The molecule has 64 valence electrons. The fraction of sp³-hybridized carbons (Fsp3) is 0.889. The highest BCUT2D eigenvalue weighted by molar-refractivity contribution is 5.60. The minimum atomic E-state index is -0.115. The van der Waals surface area contributed by atoms with Gasteiger partial charge in [0, 0.05) is 12.0 Å². The second-order valence-electron chi connectivity index (χ2n) is 3.32. The van der Waals surface area contributed by atoms with Crippen LogP contribution in [-0.2, 0) is 9.53 Å². The quantitative estimate of drug-likeness (QED) is 0.580. The molecule has 0 aromatic rings. The third-order valence-electron chi connectivity index (χ3n) is 2.44. The van der Waals surface area contributed by atoms with E-state index in [9.17, 15) is 4.79 Å². The Balaban J connectivity index is 2.39. The molecule has 0 radical (unpaired) electrons. The van der Waals surface area contributed by atoms with Crippen LogP contribution in [0.4, 0.5) is 0 Å². The number of rotatable bonds is 4. The summed E-state index contributed by atoms with van der Waals surface area (Å²) < 4.78 is 5.28. The van der Waals surface area contributed by atoms with Crippen LogP contribution in [0.2, 0.25) is 0 Å². The molecule has 0 aromatic heterocycles. The molecule has 0 bridgehead atoms. The maximum absolute atomic E-state index is 10.8. The van der Waals surface area contributed by atoms with E-state index in [1.165, 1.54) is 12.8 Å². The maximum Gasteiger partial charge on any atom is 0.128 e. The Morgan fingerprint density at radius 3 is 2.55 bits per heavy atom. The highest BCUT2D eigenvalue weighted by Crippen LogP contribution is 2.36. The van der Waals surface area contributed by atoms with Gasteiger partial charge in [-0.05, 0) is 19.8 Å². The van der Waals surface area contributed by atoms with Gasteiger partial charge in [-0.15, -0.1) is 0 Å². The smallest absolute Gasteiger partial charge is 0.128 e. The molecular formula is C9H16O2. The van der Waals surface area contributed by atoms with Crippen LogP contribution >= 0.6 is 0 Å². The van der Waals surface area contributed by atoms with Crippen LogP contribution in [0.5, 0.6) is 0 Å². The van der Waals surface area contributed by atoms with Gasteiger partial charge in [-0.25, -0.2) is 0 Å². The van der Waals surface area contributed by atoms with Crippen molar-refractivity contribution in [3.05, 3.63) is 0 Å². The molecule has 2 heteroatoms. The van der Waals surface area contributed by atoms with E-state index in [1.54, 1.807) is 0 Å². The largest absolute Gasteiger partial charge is 0.381 e. The topological polar surface area (TPSA) is 26.3 Å². The van der Waals surface area contributed by atoms with E-state index < -0.39 is 0 Å². The fourth-order valence-corrected chi connectivity index (χ4v) is 1.68. The molecule has 0 aromatic carbocycles. The average Bonchev–Trinajstić information content (AvgIpc) is 2.50. The number of hydrogen-bond donors (Lipinski definition) is 0. The lowest BCUT2D eigenvalue weighted by Crippen LogP contribution is -2.24. The Labute approximate surface area is 67.9 Å². The van der Waals surface area contributed by atoms with Crippen LogP contribution in [0.25, 0.3) is 0 Å². The predicted molar refractivity (Wildman–Crippen MR) is 43.5 cm³/mol. The zero-order valence-corrected chi connectivity index (χ0v) is 7.14. The van der Waals surface area contributed by atoms with Crippen LogP contribution in [0.3, 0.4) is 0 Å². The Bertz CT molecular complexity index is 126. The van der Waals surface area contributed by atoms with E-state index in [4.69, 9.17) is 4.74 Å². The first-order valence-electron chi connectivity index (χ1n) is 4.37. The van der Waals surface area contributed by atoms with Crippen LogP contribution in [-0.4, -0.2) is 19.5 Å². The molecule has 1 aliphatic carbocycles. The minimum Gasteiger partial charge on any atom is -0.381 e. The van der Waals surface area contributed by atoms with Gasteiger partial charge in [0.1, 0.15) is 6.29 Å². The molecule has 2 nitrogen and oxygen atoms in total. The van der Waals surface area contributed by atoms with Crippen molar-refractivity contribution in [2.45, 2.75) is 32.6 Å². The Morgan fingerprint density at radius 1 is 1.45 bits per heavy atom. The molecule has 1 saturated carbocycles. The summed E-state index contributed by atoms with van der Waals surface area (Å²) in [5.74, 6) is 0. The van der Waals surface area contributed by atoms with Crippen molar-refractivity contribution in [1.29, 1.82) is 0 Å². The van der Waals surface area contributed by atoms with Crippen molar-refractivity contribution in [2.24, 2.45) is 5.41 Å². The molecule has 0 aliphatic heterocycles. The van der Waals surface area contributed by atoms with Crippen molar-refractivity contribution in [2.75, 3.05) is 13.2 Å². The molecule has 0 saturated heterocycles. The van der Waals surface area contributed by atoms with Crippen LogP contribution < -0.4 is 0 Å². The van der Waals surface area contributed by atoms with Crippen molar-refractivity contribution >= 4 is 6.29 Å². The number of aldehydes is 1. The summed E-state index contributed by atoms with van der Waals surface area (Å²) in [6.07, 6.45) is 5.51. The molecule has 0 heterocycles. The molecule has 0 amide bonds. The van der Waals surface area contributed by atoms with Gasteiger partial charge in [-0.3, -0.25) is 0 Å². The normalized spacial score (nSPS) is 21.9. The van der Waals surface area contributed by atoms with E-state index in [0.717, 1.165) is 25.7 Å². The summed E-state index contributed by atoms with van der Waals surface area (Å²) in [6.45, 7) is 3.32. The van der Waals surface area contributed by atoms with Gasteiger partial charge < -0.3 is 9.53 Å². The van der Waals surface area contributed by atoms with Crippen molar-refractivity contribution in [3.8, 4) is 0 Å². The second kappa shape index (κ2) is 3.86. The predicted octanol–water partition coefficient (Wildman–Crippen LogP) is 1.78. The highest BCUT2D eigenvalue weighted by atomic mass is 16.5. The Kier molecular flexibility index (Phi) is 3.06. The van der Waals surface area contributed by atoms with E-state index in [0.29, 0.717) is 6.61 Å². The first-order chi connectivity index (χ1) is 5.33. The summed E-state index contributed by atoms with van der Waals surface area (Å²) in [6, 6.07) is 0. The van der Waals surface area contributed by atoms with E-state index in [-0.39, 0.29) is 5.41 Å². The molecule has 0 unspecified atom stereocenters. The molecule has 11 heavy (non-hydrogen) atoms. The number of ether oxygens (including phenoxy) is 1. The van der Waals surface area contributed by atoms with Crippen LogP contribution in [0.15, 0.2) is 0 Å². The lowest BCUT2D eigenvalue weighted by atomic mass is 9.89. The lowest BCUT2D eigenvalue weighted by Gasteiger charge is -2.20. The van der Waals surface area contributed by atoms with Gasteiger partial charge in [-0.2, -0.15) is 0 Å². The molecule has 1 rings (SSSR count). The fourth-order valence-electron chi connectivity index (χ4n) is 1.68. The third kappa shape index (κ3) is 2.03. The second-order valence-corrected chi connectivity index (χ2v) is 3.32. The number of hydrogen-bond acceptors (Lipinski definition) is 2. The molecule has 1 aliphatic rings. The highest BCUT2D eigenvalue weighted by Gasteiger charge is 2.33. The summed E-state index contributed by atoms with van der Waals surface area (Å²) in [5.41, 5.74) is -0.115. The maximum atomic E-state index is 10.8. The van der Waals surface area contributed by atoms with E-state index >= 15 is 0 Å². The molecule has 0 N–H and O–H groups in total.